The summed E-state index contributed by atoms with van der Waals surface area (Å²) in [5.74, 6) is 1.31. The van der Waals surface area contributed by atoms with E-state index in [1.807, 2.05) is 6.07 Å². The van der Waals surface area contributed by atoms with Crippen molar-refractivity contribution in [3.8, 4) is 5.75 Å². The van der Waals surface area contributed by atoms with Gasteiger partial charge in [0.15, 0.2) is 0 Å². The molecule has 1 aromatic carbocycles. The van der Waals surface area contributed by atoms with Gasteiger partial charge in [-0.2, -0.15) is 0 Å². The van der Waals surface area contributed by atoms with Crippen LogP contribution in [0.3, 0.4) is 0 Å². The Balaban J connectivity index is 3.21. The number of hydrogen-bond acceptors (Lipinski definition) is 2. The number of methoxy groups -OCH3 is 1. The second-order valence-electron chi connectivity index (χ2n) is 4.73. The summed E-state index contributed by atoms with van der Waals surface area (Å²) in [7, 11) is 1.69. The smallest absolute Gasteiger partial charge is 0.119 e. The van der Waals surface area contributed by atoms with Gasteiger partial charge in [0.1, 0.15) is 5.75 Å². The van der Waals surface area contributed by atoms with Crippen LogP contribution in [0.5, 0.6) is 5.75 Å². The third-order valence-electron chi connectivity index (χ3n) is 3.55. The molecule has 0 spiro atoms. The minimum atomic E-state index is -0.240. The summed E-state index contributed by atoms with van der Waals surface area (Å²) in [5, 5.41) is 0. The molecule has 2 heteroatoms. The molecular formula is C14H23NO. The summed E-state index contributed by atoms with van der Waals surface area (Å²) < 4.78 is 5.22. The average molecular weight is 221 g/mol. The van der Waals surface area contributed by atoms with Gasteiger partial charge in [-0.3, -0.25) is 0 Å². The third kappa shape index (κ3) is 2.22. The van der Waals surface area contributed by atoms with Gasteiger partial charge in [-0.05, 0) is 42.5 Å². The first kappa shape index (κ1) is 13.0. The average Bonchev–Trinajstić information content (AvgIpc) is 2.27. The maximum absolute atomic E-state index is 6.51. The van der Waals surface area contributed by atoms with Crippen molar-refractivity contribution in [1.82, 2.24) is 0 Å². The van der Waals surface area contributed by atoms with Crippen LogP contribution in [-0.4, -0.2) is 7.11 Å². The van der Waals surface area contributed by atoms with Crippen molar-refractivity contribution >= 4 is 0 Å². The van der Waals surface area contributed by atoms with E-state index in [2.05, 4.69) is 39.8 Å². The number of hydrogen-bond donors (Lipinski definition) is 1. The molecule has 0 aromatic heterocycles. The highest BCUT2D eigenvalue weighted by Crippen LogP contribution is 2.33. The quantitative estimate of drug-likeness (QED) is 0.847. The zero-order valence-electron chi connectivity index (χ0n) is 11.0. The second-order valence-corrected chi connectivity index (χ2v) is 4.73. The van der Waals surface area contributed by atoms with Crippen LogP contribution in [0.1, 0.15) is 38.3 Å². The lowest BCUT2D eigenvalue weighted by molar-refractivity contribution is 0.304. The Morgan fingerprint density at radius 1 is 1.38 bits per heavy atom. The maximum atomic E-state index is 6.51. The maximum Gasteiger partial charge on any atom is 0.119 e. The Hall–Kier alpha value is -1.02. The number of aryl methyl sites for hydroxylation is 1. The van der Waals surface area contributed by atoms with E-state index >= 15 is 0 Å². The SMILES string of the molecule is CCC(N)(c1ccc(OC)cc1C)C(C)C. The van der Waals surface area contributed by atoms with Crippen LogP contribution in [0.4, 0.5) is 0 Å². The molecular weight excluding hydrogens is 198 g/mol. The Morgan fingerprint density at radius 2 is 2.00 bits per heavy atom. The lowest BCUT2D eigenvalue weighted by Gasteiger charge is -2.34. The molecule has 0 fully saturated rings. The van der Waals surface area contributed by atoms with E-state index < -0.39 is 0 Å². The van der Waals surface area contributed by atoms with E-state index in [0.717, 1.165) is 12.2 Å². The van der Waals surface area contributed by atoms with Gasteiger partial charge in [-0.15, -0.1) is 0 Å². The van der Waals surface area contributed by atoms with Gasteiger partial charge in [-0.1, -0.05) is 26.8 Å². The van der Waals surface area contributed by atoms with Gasteiger partial charge in [0.05, 0.1) is 7.11 Å². The zero-order chi connectivity index (χ0) is 12.3. The fourth-order valence-electron chi connectivity index (χ4n) is 2.20. The molecule has 0 saturated heterocycles. The highest BCUT2D eigenvalue weighted by molar-refractivity contribution is 5.39. The second kappa shape index (κ2) is 4.88. The number of rotatable bonds is 4. The first-order chi connectivity index (χ1) is 7.45. The molecule has 0 aliphatic heterocycles. The zero-order valence-corrected chi connectivity index (χ0v) is 11.0. The van der Waals surface area contributed by atoms with E-state index in [4.69, 9.17) is 10.5 Å². The van der Waals surface area contributed by atoms with Crippen LogP contribution < -0.4 is 10.5 Å². The molecule has 16 heavy (non-hydrogen) atoms. The van der Waals surface area contributed by atoms with Gasteiger partial charge in [-0.25, -0.2) is 0 Å². The molecule has 0 aliphatic carbocycles. The first-order valence-electron chi connectivity index (χ1n) is 5.89. The highest BCUT2D eigenvalue weighted by atomic mass is 16.5. The van der Waals surface area contributed by atoms with E-state index in [-0.39, 0.29) is 5.54 Å². The summed E-state index contributed by atoms with van der Waals surface area (Å²) in [6.45, 7) is 8.58. The van der Waals surface area contributed by atoms with Crippen molar-refractivity contribution in [2.24, 2.45) is 11.7 Å². The molecule has 2 N–H and O–H groups in total. The standard InChI is InChI=1S/C14H23NO/c1-6-14(15,10(2)3)13-8-7-12(16-5)9-11(13)4/h7-10H,6,15H2,1-5H3. The van der Waals surface area contributed by atoms with Crippen LogP contribution in [0.2, 0.25) is 0 Å². The number of ether oxygens (including phenoxy) is 1. The van der Waals surface area contributed by atoms with Gasteiger partial charge in [0.25, 0.3) is 0 Å². The van der Waals surface area contributed by atoms with Gasteiger partial charge < -0.3 is 10.5 Å². The predicted molar refractivity (Wildman–Crippen MR) is 68.7 cm³/mol. The minimum absolute atomic E-state index is 0.240. The molecule has 90 valence electrons. The van der Waals surface area contributed by atoms with E-state index in [1.165, 1.54) is 11.1 Å². The fourth-order valence-corrected chi connectivity index (χ4v) is 2.20. The molecule has 0 heterocycles. The Kier molecular flexibility index (Phi) is 3.98. The first-order valence-corrected chi connectivity index (χ1v) is 5.89. The van der Waals surface area contributed by atoms with Gasteiger partial charge in [0, 0.05) is 5.54 Å². The van der Waals surface area contributed by atoms with Crippen LogP contribution in [-0.2, 0) is 5.54 Å². The van der Waals surface area contributed by atoms with Crippen molar-refractivity contribution in [3.05, 3.63) is 29.3 Å². The predicted octanol–water partition coefficient (Wildman–Crippen LogP) is 3.22. The molecule has 0 radical (unpaired) electrons. The molecule has 1 aromatic rings. The lowest BCUT2D eigenvalue weighted by Crippen LogP contribution is -2.41. The van der Waals surface area contributed by atoms with Crippen molar-refractivity contribution in [2.45, 2.75) is 39.7 Å². The molecule has 1 atom stereocenters. The molecule has 0 saturated carbocycles. The molecule has 1 unspecified atom stereocenters. The fraction of sp³-hybridized carbons (Fsp3) is 0.571. The highest BCUT2D eigenvalue weighted by Gasteiger charge is 2.30. The van der Waals surface area contributed by atoms with E-state index in [1.54, 1.807) is 7.11 Å². The van der Waals surface area contributed by atoms with Crippen LogP contribution in [0.15, 0.2) is 18.2 Å². The Morgan fingerprint density at radius 3 is 2.38 bits per heavy atom. The van der Waals surface area contributed by atoms with Crippen LogP contribution in [0, 0.1) is 12.8 Å². The molecule has 0 aliphatic rings. The Bertz CT molecular complexity index is 360. The molecule has 0 amide bonds. The van der Waals surface area contributed by atoms with Crippen molar-refractivity contribution < 1.29 is 4.74 Å². The molecule has 1 rings (SSSR count). The monoisotopic (exact) mass is 221 g/mol. The number of nitrogens with two attached hydrogens (primary N) is 1. The summed E-state index contributed by atoms with van der Waals surface area (Å²) in [6.07, 6.45) is 0.942. The van der Waals surface area contributed by atoms with Crippen LogP contribution >= 0.6 is 0 Å². The van der Waals surface area contributed by atoms with E-state index in [0.29, 0.717) is 5.92 Å². The number of benzene rings is 1. The summed E-state index contributed by atoms with van der Waals surface area (Å²) in [5.41, 5.74) is 8.71. The van der Waals surface area contributed by atoms with Crippen molar-refractivity contribution in [2.75, 3.05) is 7.11 Å². The normalized spacial score (nSPS) is 14.9. The Labute approximate surface area is 98.8 Å². The largest absolute Gasteiger partial charge is 0.497 e. The topological polar surface area (TPSA) is 35.2 Å². The molecule has 2 nitrogen and oxygen atoms in total. The van der Waals surface area contributed by atoms with Crippen molar-refractivity contribution in [3.63, 3.8) is 0 Å². The van der Waals surface area contributed by atoms with Gasteiger partial charge >= 0.3 is 0 Å². The minimum Gasteiger partial charge on any atom is -0.497 e. The molecule has 0 bridgehead atoms. The summed E-state index contributed by atoms with van der Waals surface area (Å²) in [4.78, 5) is 0. The van der Waals surface area contributed by atoms with Gasteiger partial charge in [0.2, 0.25) is 0 Å². The third-order valence-corrected chi connectivity index (χ3v) is 3.55. The summed E-state index contributed by atoms with van der Waals surface area (Å²) >= 11 is 0. The lowest BCUT2D eigenvalue weighted by atomic mass is 9.77. The van der Waals surface area contributed by atoms with Crippen LogP contribution in [0.25, 0.3) is 0 Å². The van der Waals surface area contributed by atoms with Crippen molar-refractivity contribution in [1.29, 1.82) is 0 Å². The summed E-state index contributed by atoms with van der Waals surface area (Å²) in [6, 6.07) is 6.13. The van der Waals surface area contributed by atoms with E-state index in [9.17, 15) is 0 Å².